The van der Waals surface area contributed by atoms with Gasteiger partial charge in [-0.15, -0.1) is 0 Å². The largest absolute Gasteiger partial charge is 0.462 e. The third kappa shape index (κ3) is 3.29. The van der Waals surface area contributed by atoms with Crippen LogP contribution >= 0.6 is 0 Å². The average molecular weight is 288 g/mol. The van der Waals surface area contributed by atoms with Crippen molar-refractivity contribution in [2.75, 3.05) is 13.2 Å². The zero-order valence-corrected chi connectivity index (χ0v) is 12.0. The number of fused-ring (bicyclic) bond motifs is 2. The molecule has 3 heterocycles. The molecule has 2 bridgehead atoms. The molecule has 2 saturated heterocycles. The molecule has 1 aromatic heterocycles. The van der Waals surface area contributed by atoms with Crippen LogP contribution < -0.4 is 0 Å². The standard InChI is InChI=1S/C16H20N2O3/c19-15-9-13-4-5-14(10-15)18(13)7-2-8-21-16(20)12-3-1-6-17-11-12/h1,3,6,11,13-14H,2,4-5,7-10H2/t13-,14+. The summed E-state index contributed by atoms with van der Waals surface area (Å²) in [7, 11) is 0. The normalized spacial score (nSPS) is 25.0. The van der Waals surface area contributed by atoms with Gasteiger partial charge in [0.2, 0.25) is 0 Å². The summed E-state index contributed by atoms with van der Waals surface area (Å²) in [6.45, 7) is 1.32. The van der Waals surface area contributed by atoms with E-state index in [0.29, 0.717) is 42.9 Å². The van der Waals surface area contributed by atoms with Crippen LogP contribution in [-0.2, 0) is 9.53 Å². The molecule has 0 aliphatic carbocycles. The number of esters is 1. The quantitative estimate of drug-likeness (QED) is 0.611. The van der Waals surface area contributed by atoms with Gasteiger partial charge in [-0.25, -0.2) is 4.79 Å². The van der Waals surface area contributed by atoms with Crippen molar-refractivity contribution < 1.29 is 14.3 Å². The average Bonchev–Trinajstić information content (AvgIpc) is 2.74. The predicted molar refractivity (Wildman–Crippen MR) is 76.9 cm³/mol. The van der Waals surface area contributed by atoms with Crippen LogP contribution in [-0.4, -0.2) is 46.9 Å². The zero-order valence-electron chi connectivity index (χ0n) is 12.0. The fourth-order valence-corrected chi connectivity index (χ4v) is 3.41. The first-order valence-electron chi connectivity index (χ1n) is 7.58. The summed E-state index contributed by atoms with van der Waals surface area (Å²) in [4.78, 5) is 29.6. The van der Waals surface area contributed by atoms with E-state index < -0.39 is 0 Å². The highest BCUT2D eigenvalue weighted by atomic mass is 16.5. The van der Waals surface area contributed by atoms with Gasteiger partial charge in [-0.2, -0.15) is 0 Å². The van der Waals surface area contributed by atoms with E-state index in [2.05, 4.69) is 9.88 Å². The molecule has 2 atom stereocenters. The molecule has 5 nitrogen and oxygen atoms in total. The summed E-state index contributed by atoms with van der Waals surface area (Å²) < 4.78 is 5.26. The van der Waals surface area contributed by atoms with E-state index in [1.54, 1.807) is 18.3 Å². The van der Waals surface area contributed by atoms with Crippen LogP contribution in [0.5, 0.6) is 0 Å². The first-order chi connectivity index (χ1) is 10.2. The van der Waals surface area contributed by atoms with Gasteiger partial charge < -0.3 is 4.74 Å². The Balaban J connectivity index is 1.41. The highest BCUT2D eigenvalue weighted by Gasteiger charge is 2.39. The van der Waals surface area contributed by atoms with Crippen LogP contribution in [0.4, 0.5) is 0 Å². The fourth-order valence-electron chi connectivity index (χ4n) is 3.41. The molecular formula is C16H20N2O3. The van der Waals surface area contributed by atoms with Crippen LogP contribution in [0, 0.1) is 0 Å². The molecule has 0 spiro atoms. The minimum atomic E-state index is -0.320. The molecule has 21 heavy (non-hydrogen) atoms. The highest BCUT2D eigenvalue weighted by Crippen LogP contribution is 2.33. The summed E-state index contributed by atoms with van der Waals surface area (Å²) in [5.41, 5.74) is 0.487. The Morgan fingerprint density at radius 3 is 2.76 bits per heavy atom. The van der Waals surface area contributed by atoms with E-state index >= 15 is 0 Å². The SMILES string of the molecule is O=C1C[C@H]2CC[C@@H](C1)N2CCCOC(=O)c1cccnc1. The molecule has 0 saturated carbocycles. The molecule has 5 heteroatoms. The van der Waals surface area contributed by atoms with E-state index in [1.807, 2.05) is 0 Å². The van der Waals surface area contributed by atoms with Crippen molar-refractivity contribution in [2.24, 2.45) is 0 Å². The number of carbonyl (C=O) groups is 2. The summed E-state index contributed by atoms with van der Waals surface area (Å²) in [6.07, 6.45) is 7.62. The first kappa shape index (κ1) is 14.2. The van der Waals surface area contributed by atoms with Crippen LogP contribution in [0.25, 0.3) is 0 Å². The van der Waals surface area contributed by atoms with Crippen molar-refractivity contribution in [3.63, 3.8) is 0 Å². The van der Waals surface area contributed by atoms with Gasteiger partial charge in [0.1, 0.15) is 5.78 Å². The smallest absolute Gasteiger partial charge is 0.339 e. The molecular weight excluding hydrogens is 268 g/mol. The molecule has 0 radical (unpaired) electrons. The monoisotopic (exact) mass is 288 g/mol. The molecule has 0 amide bonds. The number of Topliss-reactive ketones (excluding diaryl/α,β-unsaturated/α-hetero) is 1. The number of ketones is 1. The molecule has 0 aromatic carbocycles. The van der Waals surface area contributed by atoms with Crippen molar-refractivity contribution in [3.8, 4) is 0 Å². The van der Waals surface area contributed by atoms with Gasteiger partial charge in [0.05, 0.1) is 12.2 Å². The van der Waals surface area contributed by atoms with E-state index in [4.69, 9.17) is 4.74 Å². The van der Waals surface area contributed by atoms with Crippen LogP contribution in [0.2, 0.25) is 0 Å². The molecule has 1 aromatic rings. The Hall–Kier alpha value is -1.75. The van der Waals surface area contributed by atoms with E-state index in [-0.39, 0.29) is 5.97 Å². The van der Waals surface area contributed by atoms with Crippen LogP contribution in [0.1, 0.15) is 42.5 Å². The number of rotatable bonds is 5. The zero-order chi connectivity index (χ0) is 14.7. The summed E-state index contributed by atoms with van der Waals surface area (Å²) in [6, 6.07) is 4.26. The molecule has 0 N–H and O–H groups in total. The number of piperidine rings is 1. The number of hydrogen-bond acceptors (Lipinski definition) is 5. The van der Waals surface area contributed by atoms with E-state index in [0.717, 1.165) is 25.8 Å². The van der Waals surface area contributed by atoms with Gasteiger partial charge in [-0.05, 0) is 31.4 Å². The minimum Gasteiger partial charge on any atom is -0.462 e. The van der Waals surface area contributed by atoms with Gasteiger partial charge in [-0.1, -0.05) is 0 Å². The maximum atomic E-state index is 11.8. The molecule has 2 fully saturated rings. The van der Waals surface area contributed by atoms with Gasteiger partial charge in [0.25, 0.3) is 0 Å². The van der Waals surface area contributed by atoms with Crippen molar-refractivity contribution in [1.29, 1.82) is 0 Å². The summed E-state index contributed by atoms with van der Waals surface area (Å²) >= 11 is 0. The molecule has 112 valence electrons. The van der Waals surface area contributed by atoms with Crippen molar-refractivity contribution in [2.45, 2.75) is 44.2 Å². The second kappa shape index (κ2) is 6.35. The molecule has 0 unspecified atom stereocenters. The summed E-state index contributed by atoms with van der Waals surface area (Å²) in [5, 5.41) is 0. The van der Waals surface area contributed by atoms with Gasteiger partial charge in [0.15, 0.2) is 0 Å². The number of aromatic nitrogens is 1. The van der Waals surface area contributed by atoms with Crippen molar-refractivity contribution >= 4 is 11.8 Å². The third-order valence-electron chi connectivity index (χ3n) is 4.39. The molecule has 2 aliphatic heterocycles. The Morgan fingerprint density at radius 2 is 2.10 bits per heavy atom. The predicted octanol–water partition coefficient (Wildman–Crippen LogP) is 1.82. The Morgan fingerprint density at radius 1 is 1.33 bits per heavy atom. The maximum absolute atomic E-state index is 11.8. The number of hydrogen-bond donors (Lipinski definition) is 0. The number of ether oxygens (including phenoxy) is 1. The number of pyridine rings is 1. The van der Waals surface area contributed by atoms with Crippen LogP contribution in [0.15, 0.2) is 24.5 Å². The molecule has 3 rings (SSSR count). The Bertz CT molecular complexity index is 502. The lowest BCUT2D eigenvalue weighted by molar-refractivity contribution is -0.123. The Kier molecular flexibility index (Phi) is 4.29. The second-order valence-corrected chi connectivity index (χ2v) is 5.80. The number of nitrogens with zero attached hydrogens (tertiary/aromatic N) is 2. The highest BCUT2D eigenvalue weighted by molar-refractivity contribution is 5.88. The number of carbonyl (C=O) groups excluding carboxylic acids is 2. The van der Waals surface area contributed by atoms with Crippen molar-refractivity contribution in [1.82, 2.24) is 9.88 Å². The topological polar surface area (TPSA) is 59.5 Å². The maximum Gasteiger partial charge on any atom is 0.339 e. The lowest BCUT2D eigenvalue weighted by atomic mass is 10.0. The molecule has 2 aliphatic rings. The summed E-state index contributed by atoms with van der Waals surface area (Å²) in [5.74, 6) is 0.0849. The van der Waals surface area contributed by atoms with Gasteiger partial charge in [-0.3, -0.25) is 14.7 Å². The van der Waals surface area contributed by atoms with E-state index in [9.17, 15) is 9.59 Å². The van der Waals surface area contributed by atoms with Crippen LogP contribution in [0.3, 0.4) is 0 Å². The Labute approximate surface area is 124 Å². The lowest BCUT2D eigenvalue weighted by Gasteiger charge is -2.33. The van der Waals surface area contributed by atoms with E-state index in [1.165, 1.54) is 6.20 Å². The van der Waals surface area contributed by atoms with Crippen molar-refractivity contribution in [3.05, 3.63) is 30.1 Å². The van der Waals surface area contributed by atoms with Gasteiger partial charge >= 0.3 is 5.97 Å². The minimum absolute atomic E-state index is 0.320. The van der Waals surface area contributed by atoms with Gasteiger partial charge in [0, 0.05) is 43.9 Å². The lowest BCUT2D eigenvalue weighted by Crippen LogP contribution is -2.43. The second-order valence-electron chi connectivity index (χ2n) is 5.80. The fraction of sp³-hybridized carbons (Fsp3) is 0.562. The third-order valence-corrected chi connectivity index (χ3v) is 4.39. The first-order valence-corrected chi connectivity index (χ1v) is 7.58.